The Morgan fingerprint density at radius 1 is 1.00 bits per heavy atom. The lowest BCUT2D eigenvalue weighted by Crippen LogP contribution is -2.08. The van der Waals surface area contributed by atoms with Crippen molar-refractivity contribution in [2.45, 2.75) is 13.0 Å². The van der Waals surface area contributed by atoms with Crippen LogP contribution in [0.15, 0.2) is 48.5 Å². The average molecular weight is 284 g/mol. The molecule has 0 aliphatic heterocycles. The van der Waals surface area contributed by atoms with Crippen LogP contribution in [0.3, 0.4) is 0 Å². The minimum absolute atomic E-state index is 0.0618. The summed E-state index contributed by atoms with van der Waals surface area (Å²) in [5.41, 5.74) is 4.18. The van der Waals surface area contributed by atoms with E-state index in [9.17, 15) is 4.79 Å². The molecule has 0 fully saturated rings. The maximum atomic E-state index is 10.6. The van der Waals surface area contributed by atoms with E-state index in [1.165, 1.54) is 11.3 Å². The lowest BCUT2D eigenvalue weighted by atomic mass is 10.1. The summed E-state index contributed by atoms with van der Waals surface area (Å²) >= 11 is 0. The largest absolute Gasteiger partial charge is 0.481 e. The summed E-state index contributed by atoms with van der Waals surface area (Å²) in [6.45, 7) is 0.742. The Kier molecular flexibility index (Phi) is 4.82. The Labute approximate surface area is 125 Å². The van der Waals surface area contributed by atoms with Gasteiger partial charge >= 0.3 is 5.97 Å². The molecular formula is C17H20N2O2. The molecule has 2 aromatic carbocycles. The molecule has 0 aromatic heterocycles. The van der Waals surface area contributed by atoms with Gasteiger partial charge in [0.1, 0.15) is 0 Å². The van der Waals surface area contributed by atoms with Gasteiger partial charge in [-0.2, -0.15) is 0 Å². The van der Waals surface area contributed by atoms with Gasteiger partial charge < -0.3 is 15.3 Å². The van der Waals surface area contributed by atoms with Crippen LogP contribution < -0.4 is 10.2 Å². The monoisotopic (exact) mass is 284 g/mol. The van der Waals surface area contributed by atoms with Crippen LogP contribution in [0.2, 0.25) is 0 Å². The number of benzene rings is 2. The second-order valence-corrected chi connectivity index (χ2v) is 5.18. The van der Waals surface area contributed by atoms with Gasteiger partial charge in [0.15, 0.2) is 0 Å². The summed E-state index contributed by atoms with van der Waals surface area (Å²) in [6.07, 6.45) is 0.0618. The first-order chi connectivity index (χ1) is 10.0. The third-order valence-corrected chi connectivity index (χ3v) is 3.26. The second kappa shape index (κ2) is 6.79. The predicted molar refractivity (Wildman–Crippen MR) is 85.9 cm³/mol. The molecule has 4 heteroatoms. The van der Waals surface area contributed by atoms with Crippen LogP contribution in [-0.2, 0) is 17.8 Å². The number of carbonyl (C=O) groups is 1. The van der Waals surface area contributed by atoms with E-state index in [2.05, 4.69) is 34.5 Å². The predicted octanol–water partition coefficient (Wildman–Crippen LogP) is 2.99. The molecule has 0 heterocycles. The quantitative estimate of drug-likeness (QED) is 0.856. The van der Waals surface area contributed by atoms with E-state index in [1.54, 1.807) is 0 Å². The van der Waals surface area contributed by atoms with Crippen LogP contribution in [0, 0.1) is 0 Å². The number of carboxylic acids is 1. The molecular weight excluding hydrogens is 264 g/mol. The minimum atomic E-state index is -0.809. The van der Waals surface area contributed by atoms with Gasteiger partial charge in [0.2, 0.25) is 0 Å². The first kappa shape index (κ1) is 14.9. The molecule has 0 saturated carbocycles. The minimum Gasteiger partial charge on any atom is -0.481 e. The maximum Gasteiger partial charge on any atom is 0.307 e. The van der Waals surface area contributed by atoms with Crippen LogP contribution in [0.5, 0.6) is 0 Å². The summed E-state index contributed by atoms with van der Waals surface area (Å²) in [5.74, 6) is -0.809. The summed E-state index contributed by atoms with van der Waals surface area (Å²) in [6, 6.07) is 15.9. The summed E-state index contributed by atoms with van der Waals surface area (Å²) in [7, 11) is 4.04. The molecule has 2 aromatic rings. The molecule has 0 aliphatic rings. The standard InChI is InChI=1S/C17H20N2O2/c1-19(2)16-9-5-14(6-10-16)12-18-15-7-3-13(4-8-15)11-17(20)21/h3-10,18H,11-12H2,1-2H3,(H,20,21). The highest BCUT2D eigenvalue weighted by Gasteiger charge is 2.01. The number of rotatable bonds is 6. The van der Waals surface area contributed by atoms with Gasteiger partial charge in [0, 0.05) is 32.0 Å². The van der Waals surface area contributed by atoms with Crippen LogP contribution in [0.1, 0.15) is 11.1 Å². The zero-order valence-electron chi connectivity index (χ0n) is 12.3. The molecule has 2 N–H and O–H groups in total. The Morgan fingerprint density at radius 3 is 2.10 bits per heavy atom. The smallest absolute Gasteiger partial charge is 0.307 e. The summed E-state index contributed by atoms with van der Waals surface area (Å²) in [5, 5.41) is 12.1. The average Bonchev–Trinajstić information content (AvgIpc) is 2.46. The van der Waals surface area contributed by atoms with Crippen molar-refractivity contribution in [3.8, 4) is 0 Å². The lowest BCUT2D eigenvalue weighted by molar-refractivity contribution is -0.136. The van der Waals surface area contributed by atoms with Crippen molar-refractivity contribution in [2.75, 3.05) is 24.3 Å². The third-order valence-electron chi connectivity index (χ3n) is 3.26. The van der Waals surface area contributed by atoms with E-state index in [-0.39, 0.29) is 6.42 Å². The van der Waals surface area contributed by atoms with Crippen molar-refractivity contribution in [2.24, 2.45) is 0 Å². The Balaban J connectivity index is 1.91. The van der Waals surface area contributed by atoms with E-state index in [1.807, 2.05) is 38.4 Å². The van der Waals surface area contributed by atoms with Gasteiger partial charge in [0.25, 0.3) is 0 Å². The highest BCUT2D eigenvalue weighted by Crippen LogP contribution is 2.15. The molecule has 0 radical (unpaired) electrons. The van der Waals surface area contributed by atoms with Gasteiger partial charge in [0.05, 0.1) is 6.42 Å². The van der Waals surface area contributed by atoms with E-state index in [0.717, 1.165) is 17.8 Å². The lowest BCUT2D eigenvalue weighted by Gasteiger charge is -2.13. The van der Waals surface area contributed by atoms with Gasteiger partial charge in [-0.25, -0.2) is 0 Å². The fourth-order valence-corrected chi connectivity index (χ4v) is 2.03. The van der Waals surface area contributed by atoms with Crippen LogP contribution >= 0.6 is 0 Å². The van der Waals surface area contributed by atoms with Gasteiger partial charge in [-0.15, -0.1) is 0 Å². The summed E-state index contributed by atoms with van der Waals surface area (Å²) < 4.78 is 0. The molecule has 2 rings (SSSR count). The molecule has 21 heavy (non-hydrogen) atoms. The van der Waals surface area contributed by atoms with Crippen molar-refractivity contribution in [1.82, 2.24) is 0 Å². The maximum absolute atomic E-state index is 10.6. The van der Waals surface area contributed by atoms with Crippen molar-refractivity contribution >= 4 is 17.3 Å². The Bertz CT molecular complexity index is 589. The molecule has 0 aliphatic carbocycles. The van der Waals surface area contributed by atoms with Gasteiger partial charge in [-0.1, -0.05) is 24.3 Å². The normalized spacial score (nSPS) is 10.2. The third kappa shape index (κ3) is 4.53. The second-order valence-electron chi connectivity index (χ2n) is 5.18. The number of hydrogen-bond donors (Lipinski definition) is 2. The van der Waals surface area contributed by atoms with E-state index in [4.69, 9.17) is 5.11 Å². The van der Waals surface area contributed by atoms with E-state index in [0.29, 0.717) is 0 Å². The number of nitrogens with zero attached hydrogens (tertiary/aromatic N) is 1. The number of hydrogen-bond acceptors (Lipinski definition) is 3. The molecule has 0 spiro atoms. The van der Waals surface area contributed by atoms with Crippen molar-refractivity contribution in [3.05, 3.63) is 59.7 Å². The van der Waals surface area contributed by atoms with Gasteiger partial charge in [-0.05, 0) is 35.4 Å². The fourth-order valence-electron chi connectivity index (χ4n) is 2.03. The Hall–Kier alpha value is -2.49. The Morgan fingerprint density at radius 2 is 1.57 bits per heavy atom. The van der Waals surface area contributed by atoms with Crippen molar-refractivity contribution < 1.29 is 9.90 Å². The van der Waals surface area contributed by atoms with Crippen LogP contribution in [0.4, 0.5) is 11.4 Å². The highest BCUT2D eigenvalue weighted by atomic mass is 16.4. The highest BCUT2D eigenvalue weighted by molar-refractivity contribution is 5.70. The fraction of sp³-hybridized carbons (Fsp3) is 0.235. The first-order valence-corrected chi connectivity index (χ1v) is 6.85. The molecule has 110 valence electrons. The van der Waals surface area contributed by atoms with Crippen molar-refractivity contribution in [3.63, 3.8) is 0 Å². The topological polar surface area (TPSA) is 52.6 Å². The number of anilines is 2. The molecule has 0 unspecified atom stereocenters. The zero-order chi connectivity index (χ0) is 15.2. The van der Waals surface area contributed by atoms with E-state index >= 15 is 0 Å². The van der Waals surface area contributed by atoms with Gasteiger partial charge in [-0.3, -0.25) is 4.79 Å². The zero-order valence-corrected chi connectivity index (χ0v) is 12.3. The molecule has 0 amide bonds. The van der Waals surface area contributed by atoms with Crippen LogP contribution in [-0.4, -0.2) is 25.2 Å². The van der Waals surface area contributed by atoms with Crippen molar-refractivity contribution in [1.29, 1.82) is 0 Å². The SMILES string of the molecule is CN(C)c1ccc(CNc2ccc(CC(=O)O)cc2)cc1. The number of aliphatic carboxylic acids is 1. The number of nitrogens with one attached hydrogen (secondary N) is 1. The number of carboxylic acid groups (broad SMARTS) is 1. The summed E-state index contributed by atoms with van der Waals surface area (Å²) in [4.78, 5) is 12.7. The molecule has 0 bridgehead atoms. The first-order valence-electron chi connectivity index (χ1n) is 6.85. The van der Waals surface area contributed by atoms with E-state index < -0.39 is 5.97 Å². The molecule has 0 atom stereocenters. The molecule has 4 nitrogen and oxygen atoms in total. The van der Waals surface area contributed by atoms with Crippen LogP contribution in [0.25, 0.3) is 0 Å². The molecule has 0 saturated heterocycles.